The first-order valence-corrected chi connectivity index (χ1v) is 8.05. The topological polar surface area (TPSA) is 55.6 Å². The Hall–Kier alpha value is -1.75. The number of nitrogens with zero attached hydrogens (tertiary/aromatic N) is 1. The number of amides is 1. The molecule has 2 rings (SSSR count). The number of hydrogen-bond donors (Lipinski definition) is 1. The molecule has 1 saturated heterocycles. The SMILES string of the molecule is C=C(/C=C(/N)OC)C1CCN(C(=O)c2ccc(Br)cc2)CC1. The molecular weight excluding hydrogens is 344 g/mol. The molecule has 118 valence electrons. The summed E-state index contributed by atoms with van der Waals surface area (Å²) in [5, 5.41) is 0. The summed E-state index contributed by atoms with van der Waals surface area (Å²) in [6, 6.07) is 7.47. The minimum Gasteiger partial charge on any atom is -0.483 e. The number of benzene rings is 1. The van der Waals surface area contributed by atoms with Crippen LogP contribution in [0.5, 0.6) is 0 Å². The van der Waals surface area contributed by atoms with Crippen molar-refractivity contribution >= 4 is 21.8 Å². The molecule has 2 N–H and O–H groups in total. The summed E-state index contributed by atoms with van der Waals surface area (Å²) in [7, 11) is 1.54. The van der Waals surface area contributed by atoms with E-state index in [1.807, 2.05) is 29.2 Å². The largest absolute Gasteiger partial charge is 0.483 e. The van der Waals surface area contributed by atoms with Crippen LogP contribution in [0.2, 0.25) is 0 Å². The lowest BCUT2D eigenvalue weighted by atomic mass is 9.89. The summed E-state index contributed by atoms with van der Waals surface area (Å²) < 4.78 is 5.92. The quantitative estimate of drug-likeness (QED) is 0.658. The Morgan fingerprint density at radius 1 is 1.36 bits per heavy atom. The number of halogens is 1. The highest BCUT2D eigenvalue weighted by Crippen LogP contribution is 2.26. The van der Waals surface area contributed by atoms with Crippen molar-refractivity contribution in [1.82, 2.24) is 4.90 Å². The predicted molar refractivity (Wildman–Crippen MR) is 91.2 cm³/mol. The minimum atomic E-state index is 0.0866. The van der Waals surface area contributed by atoms with E-state index in [1.54, 1.807) is 13.2 Å². The van der Waals surface area contributed by atoms with Crippen LogP contribution in [0.15, 0.2) is 52.8 Å². The van der Waals surface area contributed by atoms with Crippen LogP contribution in [0.3, 0.4) is 0 Å². The highest BCUT2D eigenvalue weighted by molar-refractivity contribution is 9.10. The fourth-order valence-electron chi connectivity index (χ4n) is 2.59. The van der Waals surface area contributed by atoms with Crippen LogP contribution in [0.25, 0.3) is 0 Å². The van der Waals surface area contributed by atoms with Gasteiger partial charge in [0.1, 0.15) is 0 Å². The maximum absolute atomic E-state index is 12.4. The number of allylic oxidation sites excluding steroid dienone is 2. The molecule has 5 heteroatoms. The number of carbonyl (C=O) groups excluding carboxylic acids is 1. The Bertz CT molecular complexity index is 573. The molecule has 0 aliphatic carbocycles. The first-order chi connectivity index (χ1) is 10.5. The zero-order valence-corrected chi connectivity index (χ0v) is 14.3. The molecule has 1 heterocycles. The van der Waals surface area contributed by atoms with Crippen molar-refractivity contribution in [3.05, 3.63) is 58.4 Å². The summed E-state index contributed by atoms with van der Waals surface area (Å²) >= 11 is 3.38. The number of hydrogen-bond acceptors (Lipinski definition) is 3. The molecule has 22 heavy (non-hydrogen) atoms. The van der Waals surface area contributed by atoms with Gasteiger partial charge in [-0.25, -0.2) is 0 Å². The van der Waals surface area contributed by atoms with Crippen LogP contribution in [0, 0.1) is 5.92 Å². The summed E-state index contributed by atoms with van der Waals surface area (Å²) in [6.07, 6.45) is 3.57. The van der Waals surface area contributed by atoms with Crippen molar-refractivity contribution in [3.63, 3.8) is 0 Å². The van der Waals surface area contributed by atoms with Crippen LogP contribution in [-0.4, -0.2) is 31.0 Å². The van der Waals surface area contributed by atoms with Gasteiger partial charge in [-0.1, -0.05) is 22.5 Å². The van der Waals surface area contributed by atoms with E-state index in [9.17, 15) is 4.79 Å². The number of carbonyl (C=O) groups is 1. The molecule has 0 aromatic heterocycles. The number of nitrogens with two attached hydrogens (primary N) is 1. The Labute approximate surface area is 139 Å². The molecule has 0 saturated carbocycles. The zero-order chi connectivity index (χ0) is 16.1. The third-order valence-corrected chi connectivity index (χ3v) is 4.49. The van der Waals surface area contributed by atoms with Gasteiger partial charge in [-0.05, 0) is 48.6 Å². The predicted octanol–water partition coefficient (Wildman–Crippen LogP) is 3.30. The van der Waals surface area contributed by atoms with Gasteiger partial charge in [-0.2, -0.15) is 0 Å². The molecule has 1 amide bonds. The normalized spacial score (nSPS) is 16.5. The summed E-state index contributed by atoms with van der Waals surface area (Å²) in [6.45, 7) is 5.53. The molecule has 1 aliphatic rings. The lowest BCUT2D eigenvalue weighted by Gasteiger charge is -2.32. The van der Waals surface area contributed by atoms with Gasteiger partial charge in [-0.15, -0.1) is 0 Å². The molecule has 0 atom stereocenters. The van der Waals surface area contributed by atoms with Gasteiger partial charge in [-0.3, -0.25) is 4.79 Å². The third kappa shape index (κ3) is 4.13. The Kier molecular flexibility index (Phi) is 5.66. The number of piperidine rings is 1. The van der Waals surface area contributed by atoms with Gasteiger partial charge in [0, 0.05) is 29.2 Å². The van der Waals surface area contributed by atoms with Crippen molar-refractivity contribution in [2.75, 3.05) is 20.2 Å². The first kappa shape index (κ1) is 16.6. The van der Waals surface area contributed by atoms with Gasteiger partial charge in [0.25, 0.3) is 5.91 Å². The van der Waals surface area contributed by atoms with Crippen molar-refractivity contribution in [3.8, 4) is 0 Å². The average molecular weight is 365 g/mol. The van der Waals surface area contributed by atoms with E-state index in [4.69, 9.17) is 10.5 Å². The zero-order valence-electron chi connectivity index (χ0n) is 12.7. The second-order valence-corrected chi connectivity index (χ2v) is 6.31. The van der Waals surface area contributed by atoms with Crippen LogP contribution in [0.4, 0.5) is 0 Å². The van der Waals surface area contributed by atoms with E-state index in [-0.39, 0.29) is 5.91 Å². The Morgan fingerprint density at radius 3 is 2.50 bits per heavy atom. The Balaban J connectivity index is 1.93. The van der Waals surface area contributed by atoms with E-state index in [2.05, 4.69) is 22.5 Å². The van der Waals surface area contributed by atoms with E-state index in [1.165, 1.54) is 0 Å². The molecule has 0 spiro atoms. The monoisotopic (exact) mass is 364 g/mol. The molecule has 1 aromatic rings. The summed E-state index contributed by atoms with van der Waals surface area (Å²) in [5.41, 5.74) is 7.35. The van der Waals surface area contributed by atoms with E-state index in [0.29, 0.717) is 11.8 Å². The van der Waals surface area contributed by atoms with Gasteiger partial charge in [0.05, 0.1) is 7.11 Å². The van der Waals surface area contributed by atoms with Crippen molar-refractivity contribution in [2.45, 2.75) is 12.8 Å². The van der Waals surface area contributed by atoms with Crippen molar-refractivity contribution in [2.24, 2.45) is 11.7 Å². The molecule has 0 unspecified atom stereocenters. The fraction of sp³-hybridized carbons (Fsp3) is 0.353. The second kappa shape index (κ2) is 7.49. The fourth-order valence-corrected chi connectivity index (χ4v) is 2.85. The number of ether oxygens (including phenoxy) is 1. The number of likely N-dealkylation sites (tertiary alicyclic amines) is 1. The Morgan fingerprint density at radius 2 is 1.95 bits per heavy atom. The molecule has 0 radical (unpaired) electrons. The van der Waals surface area contributed by atoms with E-state index < -0.39 is 0 Å². The number of rotatable bonds is 4. The highest BCUT2D eigenvalue weighted by Gasteiger charge is 2.24. The van der Waals surface area contributed by atoms with Gasteiger partial charge < -0.3 is 15.4 Å². The molecular formula is C17H21BrN2O2. The molecule has 1 aromatic carbocycles. The van der Waals surface area contributed by atoms with Crippen LogP contribution < -0.4 is 5.73 Å². The van der Waals surface area contributed by atoms with E-state index >= 15 is 0 Å². The molecule has 1 fully saturated rings. The maximum atomic E-state index is 12.4. The second-order valence-electron chi connectivity index (χ2n) is 5.40. The number of methoxy groups -OCH3 is 1. The smallest absolute Gasteiger partial charge is 0.253 e. The average Bonchev–Trinajstić information content (AvgIpc) is 2.55. The van der Waals surface area contributed by atoms with Crippen LogP contribution >= 0.6 is 15.9 Å². The highest BCUT2D eigenvalue weighted by atomic mass is 79.9. The maximum Gasteiger partial charge on any atom is 0.253 e. The van der Waals surface area contributed by atoms with E-state index in [0.717, 1.165) is 41.5 Å². The first-order valence-electron chi connectivity index (χ1n) is 7.26. The van der Waals surface area contributed by atoms with Crippen LogP contribution in [0.1, 0.15) is 23.2 Å². The van der Waals surface area contributed by atoms with Gasteiger partial charge in [0.15, 0.2) is 5.88 Å². The minimum absolute atomic E-state index is 0.0866. The van der Waals surface area contributed by atoms with Gasteiger partial charge in [0.2, 0.25) is 0 Å². The molecule has 1 aliphatic heterocycles. The lowest BCUT2D eigenvalue weighted by molar-refractivity contribution is 0.0703. The summed E-state index contributed by atoms with van der Waals surface area (Å²) in [5.74, 6) is 0.810. The standard InChI is InChI=1S/C17H21BrN2O2/c1-12(11-16(19)22-2)13-7-9-20(10-8-13)17(21)14-3-5-15(18)6-4-14/h3-6,11,13H,1,7-10,19H2,2H3/b16-11-. The van der Waals surface area contributed by atoms with Crippen molar-refractivity contribution in [1.29, 1.82) is 0 Å². The van der Waals surface area contributed by atoms with Gasteiger partial charge >= 0.3 is 0 Å². The van der Waals surface area contributed by atoms with Crippen molar-refractivity contribution < 1.29 is 9.53 Å². The van der Waals surface area contributed by atoms with Crippen LogP contribution in [-0.2, 0) is 4.74 Å². The molecule has 0 bridgehead atoms. The molecule has 4 nitrogen and oxygen atoms in total. The summed E-state index contributed by atoms with van der Waals surface area (Å²) in [4.78, 5) is 14.3. The lowest BCUT2D eigenvalue weighted by Crippen LogP contribution is -2.38. The third-order valence-electron chi connectivity index (χ3n) is 3.96.